The van der Waals surface area contributed by atoms with Crippen LogP contribution in [0.15, 0.2) is 180 Å². The van der Waals surface area contributed by atoms with E-state index in [1.54, 1.807) is 0 Å². The first kappa shape index (κ1) is 36.0. The fourth-order valence-corrected chi connectivity index (χ4v) is 9.58. The van der Waals surface area contributed by atoms with Gasteiger partial charge in [0, 0.05) is 27.5 Å². The van der Waals surface area contributed by atoms with Crippen molar-refractivity contribution in [2.45, 2.75) is 64.2 Å². The molecular formula is C56H49NO. The molecular weight excluding hydrogens is 703 g/mol. The lowest BCUT2D eigenvalue weighted by atomic mass is 9.80. The van der Waals surface area contributed by atoms with Crippen LogP contribution in [-0.2, 0) is 5.41 Å². The number of rotatable bonds is 7. The number of benzene rings is 8. The predicted octanol–water partition coefficient (Wildman–Crippen LogP) is 16.6. The second-order valence-corrected chi connectivity index (χ2v) is 17.1. The highest BCUT2D eigenvalue weighted by Crippen LogP contribution is 2.51. The molecule has 1 saturated carbocycles. The summed E-state index contributed by atoms with van der Waals surface area (Å²) in [6.07, 6.45) is 6.45. The molecule has 1 aliphatic rings. The predicted molar refractivity (Wildman–Crippen MR) is 247 cm³/mol. The highest BCUT2D eigenvalue weighted by molar-refractivity contribution is 6.14. The summed E-state index contributed by atoms with van der Waals surface area (Å²) in [7, 11) is 0. The van der Waals surface area contributed by atoms with Crippen LogP contribution in [0, 0.1) is 0 Å². The van der Waals surface area contributed by atoms with Crippen molar-refractivity contribution >= 4 is 49.8 Å². The summed E-state index contributed by atoms with van der Waals surface area (Å²) in [4.78, 5) is 2.54. The normalized spacial score (nSPS) is 13.7. The van der Waals surface area contributed by atoms with Crippen molar-refractivity contribution in [1.82, 2.24) is 0 Å². The van der Waals surface area contributed by atoms with Gasteiger partial charge < -0.3 is 9.32 Å². The van der Waals surface area contributed by atoms with Gasteiger partial charge in [0.25, 0.3) is 0 Å². The van der Waals surface area contributed by atoms with Gasteiger partial charge in [0.1, 0.15) is 11.2 Å². The van der Waals surface area contributed by atoms with E-state index in [4.69, 9.17) is 4.42 Å². The van der Waals surface area contributed by atoms with Crippen molar-refractivity contribution in [2.75, 3.05) is 4.90 Å². The minimum atomic E-state index is -0.0286. The van der Waals surface area contributed by atoms with Gasteiger partial charge in [0.2, 0.25) is 0 Å². The smallest absolute Gasteiger partial charge is 0.136 e. The summed E-state index contributed by atoms with van der Waals surface area (Å²) in [5.74, 6) is 0.572. The van der Waals surface area contributed by atoms with Gasteiger partial charge in [-0.15, -0.1) is 0 Å². The van der Waals surface area contributed by atoms with Crippen LogP contribution in [0.25, 0.3) is 66.1 Å². The largest absolute Gasteiger partial charge is 0.456 e. The molecule has 284 valence electrons. The zero-order chi connectivity index (χ0) is 39.2. The maximum absolute atomic E-state index is 6.47. The molecule has 1 heterocycles. The van der Waals surface area contributed by atoms with Crippen molar-refractivity contribution in [1.29, 1.82) is 0 Å². The molecule has 0 unspecified atom stereocenters. The Morgan fingerprint density at radius 2 is 1.03 bits per heavy atom. The van der Waals surface area contributed by atoms with E-state index in [0.29, 0.717) is 5.92 Å². The summed E-state index contributed by atoms with van der Waals surface area (Å²) in [6, 6.07) is 64.9. The zero-order valence-corrected chi connectivity index (χ0v) is 33.7. The van der Waals surface area contributed by atoms with Crippen LogP contribution in [-0.4, -0.2) is 0 Å². The highest BCUT2D eigenvalue weighted by atomic mass is 16.3. The van der Waals surface area contributed by atoms with Gasteiger partial charge in [-0.3, -0.25) is 0 Å². The fourth-order valence-electron chi connectivity index (χ4n) is 9.58. The Bertz CT molecular complexity index is 2920. The third-order valence-corrected chi connectivity index (χ3v) is 12.4. The molecule has 0 bridgehead atoms. The molecule has 0 radical (unpaired) electrons. The molecule has 1 aliphatic carbocycles. The van der Waals surface area contributed by atoms with Crippen LogP contribution in [0.5, 0.6) is 0 Å². The maximum Gasteiger partial charge on any atom is 0.136 e. The van der Waals surface area contributed by atoms with Crippen molar-refractivity contribution in [3.05, 3.63) is 187 Å². The van der Waals surface area contributed by atoms with E-state index in [-0.39, 0.29) is 5.41 Å². The van der Waals surface area contributed by atoms with Crippen LogP contribution in [0.4, 0.5) is 17.1 Å². The summed E-state index contributed by atoms with van der Waals surface area (Å²) < 4.78 is 6.47. The Morgan fingerprint density at radius 1 is 0.466 bits per heavy atom. The Morgan fingerprint density at radius 3 is 1.76 bits per heavy atom. The summed E-state index contributed by atoms with van der Waals surface area (Å²) in [5.41, 5.74) is 15.1. The van der Waals surface area contributed by atoms with E-state index in [0.717, 1.165) is 50.1 Å². The minimum Gasteiger partial charge on any atom is -0.456 e. The number of fused-ring (bicyclic) bond motifs is 4. The number of nitrogens with zero attached hydrogens (tertiary/aromatic N) is 1. The van der Waals surface area contributed by atoms with Gasteiger partial charge in [-0.25, -0.2) is 0 Å². The van der Waals surface area contributed by atoms with Crippen molar-refractivity contribution in [2.24, 2.45) is 0 Å². The Kier molecular flexibility index (Phi) is 9.21. The SMILES string of the molecule is CC(C)(C)c1ccc(N(c2ccccc2-c2cccc3cccc(C4CCCCC4)c23)c2ccccc2-c2cccc3oc4ccccc4c23)c(-c2ccccc2)c1. The average Bonchev–Trinajstić information content (AvgIpc) is 3.66. The second kappa shape index (κ2) is 14.8. The number of anilines is 3. The Hall–Kier alpha value is -6.38. The van der Waals surface area contributed by atoms with Gasteiger partial charge in [-0.05, 0) is 99.2 Å². The molecule has 0 saturated heterocycles. The van der Waals surface area contributed by atoms with Crippen LogP contribution in [0.2, 0.25) is 0 Å². The van der Waals surface area contributed by atoms with Gasteiger partial charge in [0.15, 0.2) is 0 Å². The molecule has 58 heavy (non-hydrogen) atoms. The molecule has 0 amide bonds. The lowest BCUT2D eigenvalue weighted by Crippen LogP contribution is -2.16. The number of hydrogen-bond acceptors (Lipinski definition) is 2. The van der Waals surface area contributed by atoms with E-state index in [2.05, 4.69) is 202 Å². The molecule has 0 aliphatic heterocycles. The third-order valence-electron chi connectivity index (χ3n) is 12.4. The lowest BCUT2D eigenvalue weighted by Gasteiger charge is -2.33. The van der Waals surface area contributed by atoms with E-state index >= 15 is 0 Å². The highest BCUT2D eigenvalue weighted by Gasteiger charge is 2.27. The molecule has 9 aromatic rings. The van der Waals surface area contributed by atoms with E-state index < -0.39 is 0 Å². The first-order valence-corrected chi connectivity index (χ1v) is 21.0. The molecule has 8 aromatic carbocycles. The van der Waals surface area contributed by atoms with Gasteiger partial charge in [-0.1, -0.05) is 180 Å². The first-order chi connectivity index (χ1) is 28.4. The topological polar surface area (TPSA) is 16.4 Å². The van der Waals surface area contributed by atoms with Crippen LogP contribution in [0.1, 0.15) is 69.9 Å². The van der Waals surface area contributed by atoms with E-state index in [1.807, 2.05) is 0 Å². The summed E-state index contributed by atoms with van der Waals surface area (Å²) in [5, 5.41) is 4.95. The number of hydrogen-bond donors (Lipinski definition) is 0. The number of furan rings is 1. The average molecular weight is 752 g/mol. The Labute approximate surface area is 342 Å². The van der Waals surface area contributed by atoms with Crippen LogP contribution in [0.3, 0.4) is 0 Å². The molecule has 10 rings (SSSR count). The second-order valence-electron chi connectivity index (χ2n) is 17.1. The summed E-state index contributed by atoms with van der Waals surface area (Å²) in [6.45, 7) is 6.92. The van der Waals surface area contributed by atoms with Crippen molar-refractivity contribution < 1.29 is 4.42 Å². The third kappa shape index (κ3) is 6.38. The molecule has 2 nitrogen and oxygen atoms in total. The first-order valence-electron chi connectivity index (χ1n) is 21.0. The Balaban J connectivity index is 1.29. The van der Waals surface area contributed by atoms with E-state index in [9.17, 15) is 0 Å². The molecule has 0 N–H and O–H groups in total. The monoisotopic (exact) mass is 751 g/mol. The van der Waals surface area contributed by atoms with Gasteiger partial charge >= 0.3 is 0 Å². The molecule has 0 spiro atoms. The molecule has 1 fully saturated rings. The molecule has 1 aromatic heterocycles. The maximum atomic E-state index is 6.47. The van der Waals surface area contributed by atoms with Crippen molar-refractivity contribution in [3.8, 4) is 33.4 Å². The van der Waals surface area contributed by atoms with Gasteiger partial charge in [-0.2, -0.15) is 0 Å². The lowest BCUT2D eigenvalue weighted by molar-refractivity contribution is 0.445. The van der Waals surface area contributed by atoms with Crippen LogP contribution < -0.4 is 4.90 Å². The minimum absolute atomic E-state index is 0.0286. The standard InChI is InChI=1S/C56H49NO/c1-56(2,3)41-35-36-51(48(37-41)39-21-8-5-9-22-39)57(50-32-14-11-26-44(50)46-30-18-34-53-55(46)47-27-12-15-33-52(47)58-53)49-31-13-10-25-43(49)45-29-17-24-40-23-16-28-42(54(40)45)38-19-6-4-7-20-38/h5,8-18,21-38H,4,6-7,19-20H2,1-3H3. The molecule has 2 heteroatoms. The summed E-state index contributed by atoms with van der Waals surface area (Å²) >= 11 is 0. The molecule has 0 atom stereocenters. The van der Waals surface area contributed by atoms with Crippen molar-refractivity contribution in [3.63, 3.8) is 0 Å². The van der Waals surface area contributed by atoms with Gasteiger partial charge in [0.05, 0.1) is 17.1 Å². The quantitative estimate of drug-likeness (QED) is 0.161. The fraction of sp³-hybridized carbons (Fsp3) is 0.179. The zero-order valence-electron chi connectivity index (χ0n) is 33.7. The number of para-hydroxylation sites is 3. The van der Waals surface area contributed by atoms with Crippen LogP contribution >= 0.6 is 0 Å². The van der Waals surface area contributed by atoms with E-state index in [1.165, 1.54) is 76.3 Å².